The number of anilines is 3. The van der Waals surface area contributed by atoms with Gasteiger partial charge in [-0.2, -0.15) is 10.2 Å². The van der Waals surface area contributed by atoms with Crippen LogP contribution in [0.25, 0.3) is 5.65 Å². The van der Waals surface area contributed by atoms with E-state index in [9.17, 15) is 32.8 Å². The first kappa shape index (κ1) is 40.9. The zero-order chi connectivity index (χ0) is 43.9. The molecule has 5 amide bonds. The fourth-order valence-corrected chi connectivity index (χ4v) is 11.7. The van der Waals surface area contributed by atoms with Gasteiger partial charge in [-0.25, -0.2) is 18.3 Å². The maximum absolute atomic E-state index is 14.3. The van der Waals surface area contributed by atoms with Gasteiger partial charge in [0.25, 0.3) is 24.1 Å². The molecule has 8 heterocycles. The third-order valence-electron chi connectivity index (χ3n) is 15.1. The number of nitrogens with one attached hydrogen (secondary N) is 3. The number of benzene rings is 1. The molecule has 0 radical (unpaired) electrons. The molecule has 3 aromatic heterocycles. The number of rotatable bonds is 11. The van der Waals surface area contributed by atoms with Crippen LogP contribution in [0.3, 0.4) is 0 Å². The van der Waals surface area contributed by atoms with Crippen molar-refractivity contribution in [1.29, 1.82) is 0 Å². The molecule has 17 nitrogen and oxygen atoms in total. The van der Waals surface area contributed by atoms with Crippen molar-refractivity contribution in [2.24, 2.45) is 17.3 Å². The summed E-state index contributed by atoms with van der Waals surface area (Å²) in [6, 6.07) is 6.23. The van der Waals surface area contributed by atoms with Crippen LogP contribution >= 0.6 is 0 Å². The second-order valence-electron chi connectivity index (χ2n) is 19.1. The number of carbonyl (C=O) groups is 5. The van der Waals surface area contributed by atoms with E-state index in [0.717, 1.165) is 94.7 Å². The highest BCUT2D eigenvalue weighted by Gasteiger charge is 2.48. The minimum Gasteiger partial charge on any atom is -0.384 e. The summed E-state index contributed by atoms with van der Waals surface area (Å²) in [6.07, 6.45) is 11.1. The van der Waals surface area contributed by atoms with Crippen molar-refractivity contribution in [1.82, 2.24) is 39.5 Å². The SMILES string of the molecule is O=C1CCC(N2C(=O)c3cccc(NCC4CC5(CCN(C[C@H]6CC[C@H](n7cc(C(=O)Nc8cnn9ccc(N%10C[C@H]%11C[C@@H]%10CO%11)nc89)c(C(F)F)n7)CC6)CC5)C4)c3C2=O)C(=O)N1. The van der Waals surface area contributed by atoms with Crippen LogP contribution in [0.2, 0.25) is 0 Å². The lowest BCUT2D eigenvalue weighted by molar-refractivity contribution is -0.136. The number of hydrogen-bond acceptors (Lipinski definition) is 12. The molecule has 1 unspecified atom stereocenters. The molecule has 4 saturated heterocycles. The van der Waals surface area contributed by atoms with Gasteiger partial charge in [0.2, 0.25) is 11.8 Å². The second-order valence-corrected chi connectivity index (χ2v) is 19.1. The van der Waals surface area contributed by atoms with Crippen LogP contribution in [0.15, 0.2) is 42.9 Å². The van der Waals surface area contributed by atoms with Crippen molar-refractivity contribution >= 4 is 52.4 Å². The summed E-state index contributed by atoms with van der Waals surface area (Å²) >= 11 is 0. The molecule has 4 aromatic rings. The van der Waals surface area contributed by atoms with E-state index in [2.05, 4.69) is 35.9 Å². The van der Waals surface area contributed by atoms with Crippen molar-refractivity contribution in [2.45, 2.75) is 101 Å². The van der Waals surface area contributed by atoms with Gasteiger partial charge in [0.1, 0.15) is 23.2 Å². The highest BCUT2D eigenvalue weighted by molar-refractivity contribution is 6.25. The van der Waals surface area contributed by atoms with Gasteiger partial charge in [-0.15, -0.1) is 0 Å². The lowest BCUT2D eigenvalue weighted by Crippen LogP contribution is -2.54. The number of piperidine rings is 2. The number of morpholine rings is 1. The highest BCUT2D eigenvalue weighted by Crippen LogP contribution is 2.53. The molecule has 6 fully saturated rings. The first-order valence-corrected chi connectivity index (χ1v) is 22.7. The molecule has 5 aliphatic heterocycles. The van der Waals surface area contributed by atoms with E-state index in [4.69, 9.17) is 9.72 Å². The lowest BCUT2D eigenvalue weighted by Gasteiger charge is -2.53. The average Bonchev–Trinajstić information content (AvgIpc) is 4.13. The molecular formula is C45H51F2N11O6. The summed E-state index contributed by atoms with van der Waals surface area (Å²) in [7, 11) is 0. The van der Waals surface area contributed by atoms with E-state index in [-0.39, 0.29) is 47.7 Å². The number of nitrogens with zero attached hydrogens (tertiary/aromatic N) is 8. The van der Waals surface area contributed by atoms with Crippen LogP contribution in [-0.2, 0) is 14.3 Å². The van der Waals surface area contributed by atoms with Gasteiger partial charge in [-0.1, -0.05) is 6.07 Å². The van der Waals surface area contributed by atoms with Crippen LogP contribution in [0, 0.1) is 17.3 Å². The van der Waals surface area contributed by atoms with Gasteiger partial charge in [0.05, 0.1) is 47.7 Å². The number of carbonyl (C=O) groups excluding carboxylic acids is 5. The number of alkyl halides is 2. The zero-order valence-corrected chi connectivity index (χ0v) is 35.4. The number of halogens is 2. The third kappa shape index (κ3) is 7.29. The van der Waals surface area contributed by atoms with E-state index in [1.807, 2.05) is 6.07 Å². The summed E-state index contributed by atoms with van der Waals surface area (Å²) < 4.78 is 37.5. The Hall–Kier alpha value is -5.82. The van der Waals surface area contributed by atoms with Crippen molar-refractivity contribution < 1.29 is 37.5 Å². The molecule has 1 aromatic carbocycles. The molecule has 11 rings (SSSR count). The van der Waals surface area contributed by atoms with Gasteiger partial charge in [0.15, 0.2) is 5.65 Å². The van der Waals surface area contributed by atoms with Gasteiger partial charge in [-0.3, -0.25) is 38.9 Å². The van der Waals surface area contributed by atoms with Gasteiger partial charge in [0, 0.05) is 44.1 Å². The average molecular weight is 880 g/mol. The molecule has 2 aliphatic carbocycles. The molecule has 336 valence electrons. The molecule has 7 aliphatic rings. The van der Waals surface area contributed by atoms with Crippen molar-refractivity contribution in [3.8, 4) is 0 Å². The monoisotopic (exact) mass is 879 g/mol. The fraction of sp³-hybridized carbons (Fsp3) is 0.556. The highest BCUT2D eigenvalue weighted by atomic mass is 19.3. The predicted octanol–water partition coefficient (Wildman–Crippen LogP) is 4.83. The normalized spacial score (nSPS) is 26.9. The molecule has 19 heteroatoms. The Morgan fingerprint density at radius 3 is 2.52 bits per heavy atom. The Bertz CT molecular complexity index is 2540. The third-order valence-corrected chi connectivity index (χ3v) is 15.1. The fourth-order valence-electron chi connectivity index (χ4n) is 11.7. The largest absolute Gasteiger partial charge is 0.384 e. The van der Waals surface area contributed by atoms with Crippen LogP contribution in [-0.4, -0.2) is 121 Å². The Balaban J connectivity index is 0.646. The Labute approximate surface area is 367 Å². The maximum atomic E-state index is 14.3. The van der Waals surface area contributed by atoms with E-state index < -0.39 is 47.7 Å². The van der Waals surface area contributed by atoms with Gasteiger partial charge >= 0.3 is 0 Å². The molecule has 3 atom stereocenters. The number of fused-ring (bicyclic) bond motifs is 4. The standard InChI is InChI=1S/C45H51F2N11O6/c46-39(47)38-31(41(60)50-33-20-49-56-13-10-35(51-40(33)56)55-22-29-16-28(55)24-64-29)23-57(53-38)27-6-4-25(5-7-27)21-54-14-11-45(12-15-54)17-26(18-45)19-48-32-3-1-2-30-37(32)44(63)58(43(30)62)34-8-9-36(59)52-42(34)61/h1-3,10,13,20,23,25-29,34,39,48H,4-9,11-12,14-19,21-22,24H2,(H,50,60)(H,52,59,61)/t25-,27-,28-,29-,34?/m1/s1. The maximum Gasteiger partial charge on any atom is 0.282 e. The van der Waals surface area contributed by atoms with Crippen molar-refractivity contribution in [3.63, 3.8) is 0 Å². The number of likely N-dealkylation sites (tertiary alicyclic amines) is 1. The Kier molecular flexibility index (Phi) is 10.2. The minimum atomic E-state index is -2.91. The van der Waals surface area contributed by atoms with E-state index in [0.29, 0.717) is 47.4 Å². The summed E-state index contributed by atoms with van der Waals surface area (Å²) in [5.41, 5.74) is 1.57. The Morgan fingerprint density at radius 1 is 0.969 bits per heavy atom. The Morgan fingerprint density at radius 2 is 1.78 bits per heavy atom. The quantitative estimate of drug-likeness (QED) is 0.175. The van der Waals surface area contributed by atoms with Crippen LogP contribution in [0.5, 0.6) is 0 Å². The second kappa shape index (κ2) is 16.0. The first-order chi connectivity index (χ1) is 31.0. The first-order valence-electron chi connectivity index (χ1n) is 22.7. The van der Waals surface area contributed by atoms with Gasteiger partial charge in [-0.05, 0) is 113 Å². The number of amides is 5. The van der Waals surface area contributed by atoms with Crippen LogP contribution in [0.1, 0.15) is 120 Å². The zero-order valence-electron chi connectivity index (χ0n) is 35.4. The lowest BCUT2D eigenvalue weighted by atomic mass is 9.57. The molecular weight excluding hydrogens is 829 g/mol. The van der Waals surface area contributed by atoms with E-state index in [1.165, 1.54) is 12.4 Å². The summed E-state index contributed by atoms with van der Waals surface area (Å²) in [5, 5.41) is 17.1. The number of ether oxygens (including phenoxy) is 1. The summed E-state index contributed by atoms with van der Waals surface area (Å²) in [6.45, 7) is 5.16. The predicted molar refractivity (Wildman–Crippen MR) is 227 cm³/mol. The molecule has 2 bridgehead atoms. The molecule has 3 N–H and O–H groups in total. The van der Waals surface area contributed by atoms with Gasteiger partial charge < -0.3 is 25.2 Å². The number of aromatic nitrogens is 5. The molecule has 64 heavy (non-hydrogen) atoms. The van der Waals surface area contributed by atoms with Crippen molar-refractivity contribution in [3.05, 3.63) is 65.2 Å². The topological polar surface area (TPSA) is 188 Å². The number of imide groups is 2. The molecule has 2 saturated carbocycles. The smallest absolute Gasteiger partial charge is 0.282 e. The van der Waals surface area contributed by atoms with Crippen LogP contribution < -0.4 is 20.9 Å². The number of hydrogen-bond donors (Lipinski definition) is 3. The molecule has 1 spiro atoms. The van der Waals surface area contributed by atoms with Crippen molar-refractivity contribution in [2.75, 3.05) is 54.9 Å². The van der Waals surface area contributed by atoms with E-state index >= 15 is 0 Å². The summed E-state index contributed by atoms with van der Waals surface area (Å²) in [5.74, 6) is -1.01. The minimum absolute atomic E-state index is 0.0683. The van der Waals surface area contributed by atoms with E-state index in [1.54, 1.807) is 33.6 Å². The summed E-state index contributed by atoms with van der Waals surface area (Å²) in [4.78, 5) is 75.1. The van der Waals surface area contributed by atoms with Crippen LogP contribution in [0.4, 0.5) is 26.0 Å².